The lowest BCUT2D eigenvalue weighted by molar-refractivity contribution is 1.48. The Hall–Kier alpha value is 1.05. The third-order valence-electron chi connectivity index (χ3n) is 0.316. The fraction of sp³-hybridized carbons (Fsp3) is 1.00. The van der Waals surface area contributed by atoms with Crippen molar-refractivity contribution < 1.29 is 0 Å². The highest BCUT2D eigenvalue weighted by atomic mass is 32.2. The Labute approximate surface area is 53.9 Å². The Bertz CT molecular complexity index is 27.2. The van der Waals surface area contributed by atoms with Gasteiger partial charge in [-0.2, -0.15) is 37.0 Å². The summed E-state index contributed by atoms with van der Waals surface area (Å²) in [5, 5.41) is 0. The molecule has 0 aliphatic heterocycles. The predicted molar refractivity (Wildman–Crippen MR) is 40.1 cm³/mol. The summed E-state index contributed by atoms with van der Waals surface area (Å²) in [7, 11) is 0. The molecule has 6 heavy (non-hydrogen) atoms. The molecule has 0 aromatic rings. The zero-order valence-corrected chi connectivity index (χ0v) is 6.19. The fourth-order valence-electron chi connectivity index (χ4n) is 0.149. The standard InChI is InChI=1S/C3H8S3/c1-6-2-3(4)5/h3-5H,2H2,1H3. The van der Waals surface area contributed by atoms with Crippen molar-refractivity contribution >= 4 is 37.0 Å². The Kier molecular flexibility index (Phi) is 4.95. The van der Waals surface area contributed by atoms with Crippen LogP contribution in [0, 0.1) is 0 Å². The highest BCUT2D eigenvalue weighted by Crippen LogP contribution is 2.05. The molecule has 0 saturated carbocycles. The first-order valence-electron chi connectivity index (χ1n) is 1.62. The van der Waals surface area contributed by atoms with Crippen LogP contribution in [-0.4, -0.2) is 16.6 Å². The molecule has 0 radical (unpaired) electrons. The van der Waals surface area contributed by atoms with Crippen LogP contribution in [0.3, 0.4) is 0 Å². The predicted octanol–water partition coefficient (Wildman–Crippen LogP) is 1.54. The number of thiol groups is 2. The molecule has 0 N–H and O–H groups in total. The zero-order valence-electron chi connectivity index (χ0n) is 3.59. The lowest BCUT2D eigenvalue weighted by atomic mass is 10.9. The van der Waals surface area contributed by atoms with Crippen molar-refractivity contribution in [2.24, 2.45) is 0 Å². The van der Waals surface area contributed by atoms with Crippen LogP contribution in [-0.2, 0) is 0 Å². The Balaban J connectivity index is 2.63. The van der Waals surface area contributed by atoms with Gasteiger partial charge in [-0.25, -0.2) is 0 Å². The molecule has 0 bridgehead atoms. The molecule has 38 valence electrons. The Morgan fingerprint density at radius 2 is 2.17 bits per heavy atom. The molecule has 0 fully saturated rings. The molecule has 0 rings (SSSR count). The van der Waals surface area contributed by atoms with E-state index in [9.17, 15) is 0 Å². The van der Waals surface area contributed by atoms with Gasteiger partial charge in [0.1, 0.15) is 0 Å². The minimum absolute atomic E-state index is 0.250. The molecule has 0 atom stereocenters. The number of thioether (sulfide) groups is 1. The molecule has 0 aliphatic rings. The van der Waals surface area contributed by atoms with Gasteiger partial charge in [-0.1, -0.05) is 0 Å². The molecule has 0 saturated heterocycles. The number of hydrogen-bond donors (Lipinski definition) is 2. The van der Waals surface area contributed by atoms with Gasteiger partial charge in [-0.3, -0.25) is 0 Å². The number of rotatable bonds is 2. The second-order valence-electron chi connectivity index (χ2n) is 0.936. The maximum Gasteiger partial charge on any atom is 0.0532 e. The van der Waals surface area contributed by atoms with Gasteiger partial charge in [-0.05, 0) is 6.26 Å². The minimum Gasteiger partial charge on any atom is -0.164 e. The van der Waals surface area contributed by atoms with Crippen LogP contribution in [0.25, 0.3) is 0 Å². The monoisotopic (exact) mass is 140 g/mol. The van der Waals surface area contributed by atoms with Crippen molar-refractivity contribution in [2.45, 2.75) is 4.58 Å². The van der Waals surface area contributed by atoms with Crippen molar-refractivity contribution in [3.8, 4) is 0 Å². The highest BCUT2D eigenvalue weighted by Gasteiger charge is 1.87. The molecule has 0 unspecified atom stereocenters. The van der Waals surface area contributed by atoms with Crippen molar-refractivity contribution in [3.63, 3.8) is 0 Å². The van der Waals surface area contributed by atoms with Gasteiger partial charge in [0.25, 0.3) is 0 Å². The molecule has 0 aliphatic carbocycles. The lowest BCUT2D eigenvalue weighted by Gasteiger charge is -1.94. The van der Waals surface area contributed by atoms with Gasteiger partial charge < -0.3 is 0 Å². The SMILES string of the molecule is CSCC(S)S. The third kappa shape index (κ3) is 5.05. The first-order valence-corrected chi connectivity index (χ1v) is 4.05. The maximum absolute atomic E-state index is 4.02. The minimum atomic E-state index is 0.250. The summed E-state index contributed by atoms with van der Waals surface area (Å²) >= 11 is 9.80. The summed E-state index contributed by atoms with van der Waals surface area (Å²) < 4.78 is 0.250. The first-order chi connectivity index (χ1) is 2.77. The van der Waals surface area contributed by atoms with Gasteiger partial charge in [0.05, 0.1) is 4.58 Å². The van der Waals surface area contributed by atoms with Gasteiger partial charge in [0.15, 0.2) is 0 Å². The van der Waals surface area contributed by atoms with Crippen molar-refractivity contribution in [2.75, 3.05) is 12.0 Å². The molecule has 0 nitrogen and oxygen atoms in total. The summed E-state index contributed by atoms with van der Waals surface area (Å²) in [5.41, 5.74) is 0. The molecule has 0 spiro atoms. The van der Waals surface area contributed by atoms with Crippen molar-refractivity contribution in [1.82, 2.24) is 0 Å². The average Bonchev–Trinajstić information content (AvgIpc) is 1.35. The largest absolute Gasteiger partial charge is 0.164 e. The smallest absolute Gasteiger partial charge is 0.0532 e. The molecule has 0 heterocycles. The second-order valence-corrected chi connectivity index (χ2v) is 3.50. The van der Waals surface area contributed by atoms with Crippen molar-refractivity contribution in [1.29, 1.82) is 0 Å². The lowest BCUT2D eigenvalue weighted by Crippen LogP contribution is -1.87. The topological polar surface area (TPSA) is 0 Å². The van der Waals surface area contributed by atoms with Gasteiger partial charge in [0.2, 0.25) is 0 Å². The normalized spacial score (nSPS) is 10.0. The highest BCUT2D eigenvalue weighted by molar-refractivity contribution is 8.03. The van der Waals surface area contributed by atoms with Crippen LogP contribution in [0.15, 0.2) is 0 Å². The average molecular weight is 140 g/mol. The molecule has 0 aromatic heterocycles. The van der Waals surface area contributed by atoms with Crippen LogP contribution in [0.1, 0.15) is 0 Å². The molecule has 0 aromatic carbocycles. The molecule has 3 heteroatoms. The van der Waals surface area contributed by atoms with E-state index in [1.165, 1.54) is 0 Å². The van der Waals surface area contributed by atoms with E-state index in [4.69, 9.17) is 0 Å². The van der Waals surface area contributed by atoms with E-state index >= 15 is 0 Å². The number of hydrogen-bond acceptors (Lipinski definition) is 3. The summed E-state index contributed by atoms with van der Waals surface area (Å²) in [4.78, 5) is 0. The van der Waals surface area contributed by atoms with E-state index in [2.05, 4.69) is 25.3 Å². The summed E-state index contributed by atoms with van der Waals surface area (Å²) in [6, 6.07) is 0. The fourth-order valence-corrected chi connectivity index (χ4v) is 1.34. The van der Waals surface area contributed by atoms with Crippen LogP contribution < -0.4 is 0 Å². The van der Waals surface area contributed by atoms with E-state index in [0.717, 1.165) is 5.75 Å². The summed E-state index contributed by atoms with van der Waals surface area (Å²) in [6.07, 6.45) is 2.04. The zero-order chi connectivity index (χ0) is 4.99. The van der Waals surface area contributed by atoms with E-state index in [1.54, 1.807) is 11.8 Å². The van der Waals surface area contributed by atoms with Crippen LogP contribution in [0.4, 0.5) is 0 Å². The van der Waals surface area contributed by atoms with Crippen LogP contribution in [0.5, 0.6) is 0 Å². The summed E-state index contributed by atoms with van der Waals surface area (Å²) in [6.45, 7) is 0. The van der Waals surface area contributed by atoms with Gasteiger partial charge in [0, 0.05) is 5.75 Å². The van der Waals surface area contributed by atoms with Gasteiger partial charge >= 0.3 is 0 Å². The quantitative estimate of drug-likeness (QED) is 0.433. The van der Waals surface area contributed by atoms with Gasteiger partial charge in [-0.15, -0.1) is 0 Å². The summed E-state index contributed by atoms with van der Waals surface area (Å²) in [5.74, 6) is 1.02. The molecule has 0 amide bonds. The van der Waals surface area contributed by atoms with E-state index in [0.29, 0.717) is 0 Å². The van der Waals surface area contributed by atoms with Crippen molar-refractivity contribution in [3.05, 3.63) is 0 Å². The van der Waals surface area contributed by atoms with E-state index in [-0.39, 0.29) is 4.58 Å². The third-order valence-corrected chi connectivity index (χ3v) is 1.84. The Morgan fingerprint density at radius 1 is 1.67 bits per heavy atom. The van der Waals surface area contributed by atoms with Crippen LogP contribution in [0.2, 0.25) is 0 Å². The van der Waals surface area contributed by atoms with Crippen LogP contribution >= 0.6 is 37.0 Å². The first kappa shape index (κ1) is 7.05. The molecular formula is C3H8S3. The second kappa shape index (κ2) is 4.22. The molecular weight excluding hydrogens is 132 g/mol. The van der Waals surface area contributed by atoms with E-state index in [1.807, 2.05) is 6.26 Å². The van der Waals surface area contributed by atoms with E-state index < -0.39 is 0 Å². The Morgan fingerprint density at radius 3 is 2.17 bits per heavy atom. The maximum atomic E-state index is 4.02.